The van der Waals surface area contributed by atoms with Gasteiger partial charge in [0.2, 0.25) is 5.89 Å². The molecular formula is C16H17FN4O3S. The first-order valence-electron chi connectivity index (χ1n) is 7.47. The molecule has 3 aromatic rings. The van der Waals surface area contributed by atoms with Crippen molar-refractivity contribution in [3.05, 3.63) is 46.9 Å². The van der Waals surface area contributed by atoms with Gasteiger partial charge in [-0.1, -0.05) is 6.07 Å². The van der Waals surface area contributed by atoms with Crippen molar-refractivity contribution >= 4 is 15.7 Å². The largest absolute Gasteiger partial charge is 0.421 e. The summed E-state index contributed by atoms with van der Waals surface area (Å²) in [6.45, 7) is 6.56. The molecule has 7 nitrogen and oxygen atoms in total. The minimum absolute atomic E-state index is 0.00497. The third-order valence-electron chi connectivity index (χ3n) is 3.75. The van der Waals surface area contributed by atoms with Crippen LogP contribution in [0.25, 0.3) is 11.5 Å². The van der Waals surface area contributed by atoms with Crippen molar-refractivity contribution in [2.75, 3.05) is 4.72 Å². The monoisotopic (exact) mass is 364 g/mol. The number of rotatable bonds is 4. The number of benzene rings is 1. The highest BCUT2D eigenvalue weighted by molar-refractivity contribution is 7.93. The van der Waals surface area contributed by atoms with Gasteiger partial charge in [0.1, 0.15) is 10.7 Å². The summed E-state index contributed by atoms with van der Waals surface area (Å²) >= 11 is 0. The van der Waals surface area contributed by atoms with Gasteiger partial charge < -0.3 is 9.40 Å². The average molecular weight is 364 g/mol. The maximum absolute atomic E-state index is 13.7. The minimum atomic E-state index is -4.00. The molecule has 0 radical (unpaired) electrons. The van der Waals surface area contributed by atoms with E-state index in [9.17, 15) is 12.8 Å². The number of anilines is 1. The molecule has 0 bridgehead atoms. The zero-order chi connectivity index (χ0) is 18.4. The lowest BCUT2D eigenvalue weighted by Gasteiger charge is -2.10. The smallest absolute Gasteiger partial charge is 0.264 e. The SMILES string of the molecule is Cc1nnc(-c2c(C)[nH]c(C)c2S(=O)(=O)Nc2ccc(C)c(F)c2)o1. The summed E-state index contributed by atoms with van der Waals surface area (Å²) in [5, 5.41) is 7.65. The fraction of sp³-hybridized carbons (Fsp3) is 0.250. The second-order valence-electron chi connectivity index (χ2n) is 5.77. The number of nitrogens with one attached hydrogen (secondary N) is 2. The first kappa shape index (κ1) is 17.2. The summed E-state index contributed by atoms with van der Waals surface area (Å²) in [6.07, 6.45) is 0. The van der Waals surface area contributed by atoms with Gasteiger partial charge in [-0.15, -0.1) is 10.2 Å². The van der Waals surface area contributed by atoms with Crippen LogP contribution in [0.15, 0.2) is 27.5 Å². The Labute approximate surface area is 144 Å². The molecule has 0 saturated carbocycles. The van der Waals surface area contributed by atoms with E-state index in [4.69, 9.17) is 4.42 Å². The standard InChI is InChI=1S/C16H17FN4O3S/c1-8-5-6-12(7-13(8)17)21-25(22,23)15-10(3)18-9(2)14(15)16-20-19-11(4)24-16/h5-7,18,21H,1-4H3. The molecule has 0 atom stereocenters. The predicted molar refractivity (Wildman–Crippen MR) is 90.2 cm³/mol. The topological polar surface area (TPSA) is 101 Å². The molecule has 0 spiro atoms. The van der Waals surface area contributed by atoms with Crippen molar-refractivity contribution in [3.63, 3.8) is 0 Å². The second-order valence-corrected chi connectivity index (χ2v) is 7.39. The van der Waals surface area contributed by atoms with Crippen molar-refractivity contribution in [2.24, 2.45) is 0 Å². The van der Waals surface area contributed by atoms with Crippen molar-refractivity contribution in [1.29, 1.82) is 0 Å². The van der Waals surface area contributed by atoms with Crippen LogP contribution < -0.4 is 4.72 Å². The Balaban J connectivity index is 2.10. The van der Waals surface area contributed by atoms with Gasteiger partial charge in [0.05, 0.1) is 11.3 Å². The van der Waals surface area contributed by atoms with E-state index in [1.807, 2.05) is 0 Å². The van der Waals surface area contributed by atoms with E-state index in [-0.39, 0.29) is 16.5 Å². The Bertz CT molecular complexity index is 1050. The number of H-pyrrole nitrogens is 1. The summed E-state index contributed by atoms with van der Waals surface area (Å²) in [5.41, 5.74) is 1.87. The van der Waals surface area contributed by atoms with Gasteiger partial charge in [0.25, 0.3) is 15.9 Å². The Hall–Kier alpha value is -2.68. The lowest BCUT2D eigenvalue weighted by molar-refractivity contribution is 0.531. The maximum Gasteiger partial charge on any atom is 0.264 e. The van der Waals surface area contributed by atoms with Crippen molar-refractivity contribution < 1.29 is 17.2 Å². The molecule has 1 aromatic carbocycles. The lowest BCUT2D eigenvalue weighted by atomic mass is 10.2. The van der Waals surface area contributed by atoms with E-state index >= 15 is 0 Å². The van der Waals surface area contributed by atoms with E-state index in [0.717, 1.165) is 6.07 Å². The molecule has 0 aliphatic rings. The van der Waals surface area contributed by atoms with Crippen molar-refractivity contribution in [1.82, 2.24) is 15.2 Å². The van der Waals surface area contributed by atoms with Crippen molar-refractivity contribution in [2.45, 2.75) is 32.6 Å². The molecular weight excluding hydrogens is 347 g/mol. The number of sulfonamides is 1. The summed E-state index contributed by atoms with van der Waals surface area (Å²) in [6, 6.07) is 4.14. The molecule has 3 rings (SSSR count). The Kier molecular flexibility index (Phi) is 4.11. The van der Waals surface area contributed by atoms with Crippen LogP contribution in [0.5, 0.6) is 0 Å². The van der Waals surface area contributed by atoms with Crippen LogP contribution in [-0.4, -0.2) is 23.6 Å². The Morgan fingerprint density at radius 3 is 2.44 bits per heavy atom. The number of aromatic amines is 1. The predicted octanol–water partition coefficient (Wildman–Crippen LogP) is 3.24. The van der Waals surface area contributed by atoms with Gasteiger partial charge in [-0.3, -0.25) is 4.72 Å². The molecule has 0 fully saturated rings. The molecule has 0 unspecified atom stereocenters. The van der Waals surface area contributed by atoms with Crippen LogP contribution in [0.1, 0.15) is 22.8 Å². The molecule has 2 N–H and O–H groups in total. The summed E-state index contributed by atoms with van der Waals surface area (Å²) in [4.78, 5) is 2.97. The highest BCUT2D eigenvalue weighted by Gasteiger charge is 2.29. The molecule has 25 heavy (non-hydrogen) atoms. The Morgan fingerprint density at radius 2 is 1.84 bits per heavy atom. The number of hydrogen-bond acceptors (Lipinski definition) is 5. The van der Waals surface area contributed by atoms with Crippen LogP contribution in [-0.2, 0) is 10.0 Å². The molecule has 9 heteroatoms. The van der Waals surface area contributed by atoms with Gasteiger partial charge in [-0.05, 0) is 38.5 Å². The van der Waals surface area contributed by atoms with Crippen LogP contribution in [0, 0.1) is 33.5 Å². The molecule has 0 aliphatic carbocycles. The molecule has 0 saturated heterocycles. The number of nitrogens with zero attached hydrogens (tertiary/aromatic N) is 2. The van der Waals surface area contributed by atoms with Gasteiger partial charge in [-0.25, -0.2) is 12.8 Å². The van der Waals surface area contributed by atoms with Crippen LogP contribution in [0.3, 0.4) is 0 Å². The summed E-state index contributed by atoms with van der Waals surface area (Å²) in [7, 11) is -4.00. The van der Waals surface area contributed by atoms with Crippen LogP contribution in [0.4, 0.5) is 10.1 Å². The summed E-state index contributed by atoms with van der Waals surface area (Å²) in [5.74, 6) is -0.0603. The van der Waals surface area contributed by atoms with Gasteiger partial charge >= 0.3 is 0 Å². The van der Waals surface area contributed by atoms with Gasteiger partial charge in [0, 0.05) is 18.3 Å². The van der Waals surface area contributed by atoms with Gasteiger partial charge in [0.15, 0.2) is 0 Å². The first-order chi connectivity index (χ1) is 11.7. The molecule has 0 aliphatic heterocycles. The van der Waals surface area contributed by atoms with Gasteiger partial charge in [-0.2, -0.15) is 0 Å². The average Bonchev–Trinajstić information content (AvgIpc) is 3.05. The third-order valence-corrected chi connectivity index (χ3v) is 5.30. The summed E-state index contributed by atoms with van der Waals surface area (Å²) < 4.78 is 47.3. The van der Waals surface area contributed by atoms with E-state index < -0.39 is 15.8 Å². The number of halogens is 1. The maximum atomic E-state index is 13.7. The van der Waals surface area contributed by atoms with E-state index in [0.29, 0.717) is 28.4 Å². The van der Waals surface area contributed by atoms with E-state index in [1.165, 1.54) is 12.1 Å². The van der Waals surface area contributed by atoms with Crippen molar-refractivity contribution in [3.8, 4) is 11.5 Å². The lowest BCUT2D eigenvalue weighted by Crippen LogP contribution is -2.14. The third kappa shape index (κ3) is 3.14. The number of hydrogen-bond donors (Lipinski definition) is 2. The highest BCUT2D eigenvalue weighted by atomic mass is 32.2. The van der Waals surface area contributed by atoms with Crippen LogP contribution >= 0.6 is 0 Å². The highest BCUT2D eigenvalue weighted by Crippen LogP contribution is 2.33. The molecule has 132 valence electrons. The molecule has 2 heterocycles. The zero-order valence-electron chi connectivity index (χ0n) is 14.1. The molecule has 0 amide bonds. The first-order valence-corrected chi connectivity index (χ1v) is 8.96. The fourth-order valence-electron chi connectivity index (χ4n) is 2.61. The zero-order valence-corrected chi connectivity index (χ0v) is 15.0. The second kappa shape index (κ2) is 5.99. The van der Waals surface area contributed by atoms with E-state index in [2.05, 4.69) is 19.9 Å². The quantitative estimate of drug-likeness (QED) is 0.740. The minimum Gasteiger partial charge on any atom is -0.421 e. The fourth-order valence-corrected chi connectivity index (χ4v) is 4.11. The Morgan fingerprint density at radius 1 is 1.12 bits per heavy atom. The van der Waals surface area contributed by atoms with Crippen LogP contribution in [0.2, 0.25) is 0 Å². The number of aryl methyl sites for hydroxylation is 4. The van der Waals surface area contributed by atoms with E-state index in [1.54, 1.807) is 27.7 Å². The molecule has 2 aromatic heterocycles. The normalized spacial score (nSPS) is 11.7. The number of aromatic nitrogens is 3.